The molecule has 1 aromatic carbocycles. The van der Waals surface area contributed by atoms with Crippen LogP contribution in [0.5, 0.6) is 0 Å². The Hall–Kier alpha value is -1.20. The Labute approximate surface area is 131 Å². The fourth-order valence-electron chi connectivity index (χ4n) is 2.57. The van der Waals surface area contributed by atoms with Gasteiger partial charge in [0.2, 0.25) is 0 Å². The molecule has 1 aliphatic heterocycles. The first-order valence-electron chi connectivity index (χ1n) is 7.73. The third-order valence-electron chi connectivity index (χ3n) is 3.98. The van der Waals surface area contributed by atoms with Gasteiger partial charge in [0.1, 0.15) is 0 Å². The van der Waals surface area contributed by atoms with Gasteiger partial charge in [-0.1, -0.05) is 30.3 Å². The maximum atomic E-state index is 5.94. The molecule has 0 radical (unpaired) electrons. The zero-order valence-corrected chi connectivity index (χ0v) is 13.2. The van der Waals surface area contributed by atoms with E-state index in [1.54, 1.807) is 0 Å². The van der Waals surface area contributed by atoms with Crippen molar-refractivity contribution in [2.24, 2.45) is 10.7 Å². The summed E-state index contributed by atoms with van der Waals surface area (Å²) in [6.07, 6.45) is 2.46. The van der Waals surface area contributed by atoms with E-state index < -0.39 is 0 Å². The number of hydrogen-bond acceptors (Lipinski definition) is 3. The van der Waals surface area contributed by atoms with Crippen LogP contribution >= 0.6 is 11.8 Å². The second-order valence-electron chi connectivity index (χ2n) is 5.83. The largest absolute Gasteiger partial charge is 0.370 e. The van der Waals surface area contributed by atoms with Crippen molar-refractivity contribution in [3.05, 3.63) is 35.9 Å². The van der Waals surface area contributed by atoms with Crippen LogP contribution in [0.4, 0.5) is 0 Å². The first kappa shape index (κ1) is 14.7. The van der Waals surface area contributed by atoms with E-state index in [0.717, 1.165) is 25.4 Å². The van der Waals surface area contributed by atoms with Crippen molar-refractivity contribution in [1.29, 1.82) is 0 Å². The van der Waals surface area contributed by atoms with Crippen molar-refractivity contribution in [2.45, 2.75) is 31.5 Å². The molecule has 0 amide bonds. The van der Waals surface area contributed by atoms with Crippen LogP contribution in [-0.4, -0.2) is 47.5 Å². The summed E-state index contributed by atoms with van der Waals surface area (Å²) in [6.45, 7) is 2.94. The summed E-state index contributed by atoms with van der Waals surface area (Å²) >= 11 is 2.02. The normalized spacial score (nSPS) is 24.0. The number of thioether (sulfide) groups is 1. The molecule has 3 N–H and O–H groups in total. The molecular formula is C16H24N4S. The van der Waals surface area contributed by atoms with E-state index in [4.69, 9.17) is 5.73 Å². The number of nitrogens with two attached hydrogens (primary N) is 1. The van der Waals surface area contributed by atoms with Crippen LogP contribution in [0, 0.1) is 0 Å². The van der Waals surface area contributed by atoms with E-state index in [-0.39, 0.29) is 0 Å². The summed E-state index contributed by atoms with van der Waals surface area (Å²) < 4.78 is 0. The molecule has 1 atom stereocenters. The Kier molecular flexibility index (Phi) is 5.04. The molecule has 4 nitrogen and oxygen atoms in total. The zero-order chi connectivity index (χ0) is 14.5. The molecule has 1 heterocycles. The van der Waals surface area contributed by atoms with Gasteiger partial charge in [0, 0.05) is 36.7 Å². The summed E-state index contributed by atoms with van der Waals surface area (Å²) in [7, 11) is 0. The van der Waals surface area contributed by atoms with E-state index in [2.05, 4.69) is 45.5 Å². The molecule has 0 bridgehead atoms. The molecule has 1 saturated carbocycles. The van der Waals surface area contributed by atoms with Gasteiger partial charge in [0.05, 0.1) is 6.54 Å². The van der Waals surface area contributed by atoms with Gasteiger partial charge < -0.3 is 11.1 Å². The quantitative estimate of drug-likeness (QED) is 0.642. The summed E-state index contributed by atoms with van der Waals surface area (Å²) in [5.74, 6) is 2.98. The highest BCUT2D eigenvalue weighted by Gasteiger charge is 2.24. The van der Waals surface area contributed by atoms with Crippen molar-refractivity contribution in [2.75, 3.05) is 24.6 Å². The van der Waals surface area contributed by atoms with Gasteiger partial charge in [-0.3, -0.25) is 9.89 Å². The molecule has 1 unspecified atom stereocenters. The average Bonchev–Trinajstić information content (AvgIpc) is 3.31. The summed E-state index contributed by atoms with van der Waals surface area (Å²) in [4.78, 5) is 7.09. The molecular weight excluding hydrogens is 280 g/mol. The first-order chi connectivity index (χ1) is 10.3. The van der Waals surface area contributed by atoms with Crippen LogP contribution in [0.1, 0.15) is 18.4 Å². The topological polar surface area (TPSA) is 53.6 Å². The molecule has 1 aromatic rings. The number of nitrogens with one attached hydrogen (secondary N) is 1. The molecule has 0 aromatic heterocycles. The maximum absolute atomic E-state index is 5.94. The van der Waals surface area contributed by atoms with Crippen LogP contribution in [-0.2, 0) is 6.54 Å². The molecule has 2 aliphatic rings. The van der Waals surface area contributed by atoms with Crippen LogP contribution in [0.15, 0.2) is 35.3 Å². The van der Waals surface area contributed by atoms with Crippen molar-refractivity contribution >= 4 is 17.7 Å². The highest BCUT2D eigenvalue weighted by atomic mass is 32.2. The first-order valence-corrected chi connectivity index (χ1v) is 8.89. The van der Waals surface area contributed by atoms with Crippen molar-refractivity contribution in [3.8, 4) is 0 Å². The number of hydrogen-bond donors (Lipinski definition) is 2. The Morgan fingerprint density at radius 2 is 2.14 bits per heavy atom. The predicted octanol–water partition coefficient (Wildman–Crippen LogP) is 1.67. The smallest absolute Gasteiger partial charge is 0.188 e. The van der Waals surface area contributed by atoms with Gasteiger partial charge in [-0.15, -0.1) is 0 Å². The van der Waals surface area contributed by atoms with Crippen molar-refractivity contribution < 1.29 is 0 Å². The summed E-state index contributed by atoms with van der Waals surface area (Å²) in [5.41, 5.74) is 7.32. The third-order valence-corrected chi connectivity index (χ3v) is 5.07. The van der Waals surface area contributed by atoms with Gasteiger partial charge in [0.15, 0.2) is 5.96 Å². The lowest BCUT2D eigenvalue weighted by molar-refractivity contribution is 0.215. The van der Waals surface area contributed by atoms with Gasteiger partial charge in [0.25, 0.3) is 0 Å². The molecule has 0 spiro atoms. The molecule has 1 saturated heterocycles. The van der Waals surface area contributed by atoms with E-state index >= 15 is 0 Å². The van der Waals surface area contributed by atoms with Crippen LogP contribution in [0.25, 0.3) is 0 Å². The molecule has 5 heteroatoms. The SMILES string of the molecule is NC(=NCC1CSCCN1Cc1ccccc1)NC1CC1. The Bertz CT molecular complexity index is 472. The van der Waals surface area contributed by atoms with Crippen LogP contribution in [0.2, 0.25) is 0 Å². The molecule has 114 valence electrons. The van der Waals surface area contributed by atoms with E-state index in [1.165, 1.54) is 24.2 Å². The lowest BCUT2D eigenvalue weighted by Gasteiger charge is -2.34. The van der Waals surface area contributed by atoms with Crippen LogP contribution < -0.4 is 11.1 Å². The summed E-state index contributed by atoms with van der Waals surface area (Å²) in [5, 5.41) is 3.26. The fourth-order valence-corrected chi connectivity index (χ4v) is 3.69. The number of guanidine groups is 1. The van der Waals surface area contributed by atoms with E-state index in [1.807, 2.05) is 11.8 Å². The average molecular weight is 304 g/mol. The van der Waals surface area contributed by atoms with E-state index in [0.29, 0.717) is 18.0 Å². The number of nitrogens with zero attached hydrogens (tertiary/aromatic N) is 2. The Morgan fingerprint density at radius 3 is 2.90 bits per heavy atom. The van der Waals surface area contributed by atoms with E-state index in [9.17, 15) is 0 Å². The second-order valence-corrected chi connectivity index (χ2v) is 6.98. The maximum Gasteiger partial charge on any atom is 0.188 e. The molecule has 2 fully saturated rings. The predicted molar refractivity (Wildman–Crippen MR) is 90.6 cm³/mol. The summed E-state index contributed by atoms with van der Waals surface area (Å²) in [6, 6.07) is 11.8. The van der Waals surface area contributed by atoms with Crippen molar-refractivity contribution in [3.63, 3.8) is 0 Å². The minimum absolute atomic E-state index is 0.489. The molecule has 21 heavy (non-hydrogen) atoms. The minimum Gasteiger partial charge on any atom is -0.370 e. The lowest BCUT2D eigenvalue weighted by atomic mass is 10.2. The van der Waals surface area contributed by atoms with Crippen LogP contribution in [0.3, 0.4) is 0 Å². The third kappa shape index (κ3) is 4.64. The fraction of sp³-hybridized carbons (Fsp3) is 0.562. The standard InChI is InChI=1S/C16H24N4S/c17-16(19-14-6-7-14)18-10-15-12-21-9-8-20(15)11-13-4-2-1-3-5-13/h1-5,14-15H,6-12H2,(H3,17,18,19). The van der Waals surface area contributed by atoms with Gasteiger partial charge >= 0.3 is 0 Å². The zero-order valence-electron chi connectivity index (χ0n) is 12.4. The lowest BCUT2D eigenvalue weighted by Crippen LogP contribution is -2.44. The van der Waals surface area contributed by atoms with Gasteiger partial charge in [-0.2, -0.15) is 11.8 Å². The molecule has 1 aliphatic carbocycles. The second kappa shape index (κ2) is 7.18. The monoisotopic (exact) mass is 304 g/mol. The minimum atomic E-state index is 0.489. The highest BCUT2D eigenvalue weighted by molar-refractivity contribution is 7.99. The van der Waals surface area contributed by atoms with Crippen molar-refractivity contribution in [1.82, 2.24) is 10.2 Å². The number of benzene rings is 1. The number of aliphatic imine (C=N–C) groups is 1. The number of rotatable bonds is 5. The van der Waals surface area contributed by atoms with Gasteiger partial charge in [-0.05, 0) is 18.4 Å². The Balaban J connectivity index is 1.55. The highest BCUT2D eigenvalue weighted by Crippen LogP contribution is 2.20. The Morgan fingerprint density at radius 1 is 1.33 bits per heavy atom. The molecule has 3 rings (SSSR count). The van der Waals surface area contributed by atoms with Gasteiger partial charge in [-0.25, -0.2) is 0 Å².